The lowest BCUT2D eigenvalue weighted by Crippen LogP contribution is -2.32. The Morgan fingerprint density at radius 2 is 2.16 bits per heavy atom. The van der Waals surface area contributed by atoms with Gasteiger partial charge in [-0.3, -0.25) is 4.79 Å². The standard InChI is InChI=1S/C15H25N3O/c1-4-6-7-8-12(3)18-15(19)13-9-10-17-14(11-13)16-5-2/h9-12H,4-8H2,1-3H3,(H,16,17)(H,18,19). The van der Waals surface area contributed by atoms with E-state index in [1.54, 1.807) is 18.3 Å². The molecule has 1 amide bonds. The van der Waals surface area contributed by atoms with Crippen LogP contribution in [0.3, 0.4) is 0 Å². The molecule has 0 aliphatic carbocycles. The molecule has 0 saturated heterocycles. The Kier molecular flexibility index (Phi) is 6.93. The Balaban J connectivity index is 2.50. The number of hydrogen-bond donors (Lipinski definition) is 2. The van der Waals surface area contributed by atoms with Crippen molar-refractivity contribution in [3.05, 3.63) is 23.9 Å². The van der Waals surface area contributed by atoms with Crippen molar-refractivity contribution in [3.63, 3.8) is 0 Å². The lowest BCUT2D eigenvalue weighted by Gasteiger charge is -2.14. The minimum atomic E-state index is -0.0226. The van der Waals surface area contributed by atoms with Crippen molar-refractivity contribution < 1.29 is 4.79 Å². The predicted molar refractivity (Wildman–Crippen MR) is 79.5 cm³/mol. The SMILES string of the molecule is CCCCCC(C)NC(=O)c1ccnc(NCC)c1. The maximum absolute atomic E-state index is 12.1. The van der Waals surface area contributed by atoms with Gasteiger partial charge in [0.15, 0.2) is 0 Å². The summed E-state index contributed by atoms with van der Waals surface area (Å²) >= 11 is 0. The summed E-state index contributed by atoms with van der Waals surface area (Å²) in [5.74, 6) is 0.722. The summed E-state index contributed by atoms with van der Waals surface area (Å²) < 4.78 is 0. The summed E-state index contributed by atoms with van der Waals surface area (Å²) in [6, 6.07) is 3.75. The van der Waals surface area contributed by atoms with Gasteiger partial charge in [0.2, 0.25) is 0 Å². The minimum Gasteiger partial charge on any atom is -0.370 e. The van der Waals surface area contributed by atoms with E-state index in [2.05, 4.69) is 29.5 Å². The first-order valence-electron chi connectivity index (χ1n) is 7.18. The molecule has 1 rings (SSSR count). The van der Waals surface area contributed by atoms with Gasteiger partial charge in [-0.25, -0.2) is 4.98 Å². The second-order valence-corrected chi connectivity index (χ2v) is 4.83. The van der Waals surface area contributed by atoms with Crippen LogP contribution in [0.4, 0.5) is 5.82 Å². The van der Waals surface area contributed by atoms with E-state index in [0.717, 1.165) is 25.2 Å². The first-order chi connectivity index (χ1) is 9.17. The molecule has 0 bridgehead atoms. The monoisotopic (exact) mass is 263 g/mol. The topological polar surface area (TPSA) is 54.0 Å². The van der Waals surface area contributed by atoms with Gasteiger partial charge in [-0.2, -0.15) is 0 Å². The third-order valence-corrected chi connectivity index (χ3v) is 3.00. The van der Waals surface area contributed by atoms with E-state index < -0.39 is 0 Å². The first kappa shape index (κ1) is 15.5. The normalized spacial score (nSPS) is 11.9. The van der Waals surface area contributed by atoms with Crippen LogP contribution in [0.5, 0.6) is 0 Å². The molecule has 4 nitrogen and oxygen atoms in total. The van der Waals surface area contributed by atoms with E-state index in [9.17, 15) is 4.79 Å². The van der Waals surface area contributed by atoms with Gasteiger partial charge in [-0.1, -0.05) is 26.2 Å². The van der Waals surface area contributed by atoms with Crippen LogP contribution < -0.4 is 10.6 Å². The number of nitrogens with one attached hydrogen (secondary N) is 2. The van der Waals surface area contributed by atoms with Gasteiger partial charge < -0.3 is 10.6 Å². The van der Waals surface area contributed by atoms with Crippen molar-refractivity contribution in [3.8, 4) is 0 Å². The molecule has 0 saturated carbocycles. The number of nitrogens with zero attached hydrogens (tertiary/aromatic N) is 1. The molecule has 4 heteroatoms. The summed E-state index contributed by atoms with van der Waals surface area (Å²) in [5, 5.41) is 6.14. The molecule has 1 aromatic rings. The van der Waals surface area contributed by atoms with Gasteiger partial charge in [0.25, 0.3) is 5.91 Å². The van der Waals surface area contributed by atoms with Gasteiger partial charge >= 0.3 is 0 Å². The molecule has 0 spiro atoms. The van der Waals surface area contributed by atoms with Crippen LogP contribution in [-0.4, -0.2) is 23.5 Å². The lowest BCUT2D eigenvalue weighted by atomic mass is 10.1. The highest BCUT2D eigenvalue weighted by Crippen LogP contribution is 2.08. The molecule has 1 aromatic heterocycles. The van der Waals surface area contributed by atoms with Crippen LogP contribution in [0.1, 0.15) is 56.8 Å². The molecule has 1 atom stereocenters. The molecule has 1 unspecified atom stereocenters. The van der Waals surface area contributed by atoms with Crippen LogP contribution in [-0.2, 0) is 0 Å². The second kappa shape index (κ2) is 8.51. The highest BCUT2D eigenvalue weighted by atomic mass is 16.1. The van der Waals surface area contributed by atoms with E-state index in [1.807, 2.05) is 6.92 Å². The third kappa shape index (κ3) is 5.73. The zero-order chi connectivity index (χ0) is 14.1. The van der Waals surface area contributed by atoms with Crippen molar-refractivity contribution in [2.24, 2.45) is 0 Å². The molecule has 106 valence electrons. The molecule has 0 aliphatic heterocycles. The van der Waals surface area contributed by atoms with Crippen LogP contribution in [0.25, 0.3) is 0 Å². The van der Waals surface area contributed by atoms with Crippen LogP contribution in [0.15, 0.2) is 18.3 Å². The number of unbranched alkanes of at least 4 members (excludes halogenated alkanes) is 2. The maximum Gasteiger partial charge on any atom is 0.251 e. The van der Waals surface area contributed by atoms with Crippen LogP contribution in [0, 0.1) is 0 Å². The molecule has 0 radical (unpaired) electrons. The molecule has 0 aliphatic rings. The van der Waals surface area contributed by atoms with E-state index in [1.165, 1.54) is 12.8 Å². The van der Waals surface area contributed by atoms with Gasteiger partial charge in [0.05, 0.1) is 0 Å². The van der Waals surface area contributed by atoms with E-state index in [0.29, 0.717) is 5.56 Å². The minimum absolute atomic E-state index is 0.0226. The summed E-state index contributed by atoms with van der Waals surface area (Å²) in [6.45, 7) is 7.04. The molecule has 2 N–H and O–H groups in total. The van der Waals surface area contributed by atoms with Crippen molar-refractivity contribution in [1.29, 1.82) is 0 Å². The Hall–Kier alpha value is -1.58. The van der Waals surface area contributed by atoms with E-state index in [4.69, 9.17) is 0 Å². The number of anilines is 1. The number of carbonyl (C=O) groups excluding carboxylic acids is 1. The third-order valence-electron chi connectivity index (χ3n) is 3.00. The van der Waals surface area contributed by atoms with E-state index in [-0.39, 0.29) is 11.9 Å². The number of pyridine rings is 1. The van der Waals surface area contributed by atoms with Crippen LogP contribution >= 0.6 is 0 Å². The average molecular weight is 263 g/mol. The molecule has 19 heavy (non-hydrogen) atoms. The zero-order valence-corrected chi connectivity index (χ0v) is 12.2. The molecular formula is C15H25N3O. The lowest BCUT2D eigenvalue weighted by molar-refractivity contribution is 0.0938. The number of hydrogen-bond acceptors (Lipinski definition) is 3. The summed E-state index contributed by atoms with van der Waals surface area (Å²) in [6.07, 6.45) is 6.29. The smallest absolute Gasteiger partial charge is 0.251 e. The van der Waals surface area contributed by atoms with E-state index >= 15 is 0 Å². The fourth-order valence-electron chi connectivity index (χ4n) is 1.93. The average Bonchev–Trinajstić information content (AvgIpc) is 2.39. The number of carbonyl (C=O) groups is 1. The molecule has 0 aromatic carbocycles. The van der Waals surface area contributed by atoms with Gasteiger partial charge in [0, 0.05) is 24.3 Å². The highest BCUT2D eigenvalue weighted by molar-refractivity contribution is 5.94. The van der Waals surface area contributed by atoms with Gasteiger partial charge in [-0.05, 0) is 32.4 Å². The van der Waals surface area contributed by atoms with Crippen molar-refractivity contribution in [2.45, 2.75) is 52.5 Å². The Morgan fingerprint density at radius 3 is 2.84 bits per heavy atom. The van der Waals surface area contributed by atoms with Crippen molar-refractivity contribution in [2.75, 3.05) is 11.9 Å². The summed E-state index contributed by atoms with van der Waals surface area (Å²) in [5.41, 5.74) is 0.660. The summed E-state index contributed by atoms with van der Waals surface area (Å²) in [7, 11) is 0. The Morgan fingerprint density at radius 1 is 1.37 bits per heavy atom. The molecule has 1 heterocycles. The number of aromatic nitrogens is 1. The van der Waals surface area contributed by atoms with Crippen molar-refractivity contribution in [1.82, 2.24) is 10.3 Å². The van der Waals surface area contributed by atoms with Crippen LogP contribution in [0.2, 0.25) is 0 Å². The zero-order valence-electron chi connectivity index (χ0n) is 12.2. The Bertz CT molecular complexity index is 393. The quantitative estimate of drug-likeness (QED) is 0.708. The molecular weight excluding hydrogens is 238 g/mol. The second-order valence-electron chi connectivity index (χ2n) is 4.83. The van der Waals surface area contributed by atoms with Gasteiger partial charge in [0.1, 0.15) is 5.82 Å². The fraction of sp³-hybridized carbons (Fsp3) is 0.600. The Labute approximate surface area is 116 Å². The highest BCUT2D eigenvalue weighted by Gasteiger charge is 2.10. The predicted octanol–water partition coefficient (Wildman–Crippen LogP) is 3.21. The number of rotatable bonds is 8. The van der Waals surface area contributed by atoms with Gasteiger partial charge in [-0.15, -0.1) is 0 Å². The maximum atomic E-state index is 12.1. The number of amides is 1. The fourth-order valence-corrected chi connectivity index (χ4v) is 1.93. The largest absolute Gasteiger partial charge is 0.370 e. The van der Waals surface area contributed by atoms with Crippen molar-refractivity contribution >= 4 is 11.7 Å². The summed E-state index contributed by atoms with van der Waals surface area (Å²) in [4.78, 5) is 16.2. The first-order valence-corrected chi connectivity index (χ1v) is 7.18. The molecule has 0 fully saturated rings.